The Bertz CT molecular complexity index is 621. The van der Waals surface area contributed by atoms with Crippen molar-refractivity contribution in [2.45, 2.75) is 30.7 Å². The van der Waals surface area contributed by atoms with Gasteiger partial charge in [0.25, 0.3) is 0 Å². The van der Waals surface area contributed by atoms with Gasteiger partial charge in [0.15, 0.2) is 5.82 Å². The molecule has 2 heterocycles. The SMILES string of the molecule is CSc1ccc(-c2nc(CC3CCCOC3)n(CCO)n2)cc1. The summed E-state index contributed by atoms with van der Waals surface area (Å²) < 4.78 is 7.40. The average Bonchev–Trinajstić information content (AvgIpc) is 2.99. The molecule has 0 saturated carbocycles. The fourth-order valence-corrected chi connectivity index (χ4v) is 3.30. The summed E-state index contributed by atoms with van der Waals surface area (Å²) in [4.78, 5) is 5.95. The topological polar surface area (TPSA) is 60.2 Å². The normalized spacial score (nSPS) is 18.3. The van der Waals surface area contributed by atoms with E-state index in [1.54, 1.807) is 11.8 Å². The first-order valence-corrected chi connectivity index (χ1v) is 9.29. The lowest BCUT2D eigenvalue weighted by Gasteiger charge is -2.21. The molecule has 0 aliphatic carbocycles. The highest BCUT2D eigenvalue weighted by atomic mass is 32.2. The molecule has 1 N–H and O–H groups in total. The highest BCUT2D eigenvalue weighted by molar-refractivity contribution is 7.98. The van der Waals surface area contributed by atoms with E-state index in [4.69, 9.17) is 9.72 Å². The molecule has 1 aliphatic heterocycles. The second-order valence-corrected chi connectivity index (χ2v) is 6.69. The monoisotopic (exact) mass is 333 g/mol. The van der Waals surface area contributed by atoms with Gasteiger partial charge in [-0.25, -0.2) is 9.67 Å². The molecule has 1 aromatic carbocycles. The number of ether oxygens (including phenoxy) is 1. The van der Waals surface area contributed by atoms with Crippen molar-refractivity contribution in [2.75, 3.05) is 26.1 Å². The second kappa shape index (κ2) is 7.95. The number of aliphatic hydroxyl groups is 1. The van der Waals surface area contributed by atoms with Gasteiger partial charge < -0.3 is 9.84 Å². The number of nitrogens with zero attached hydrogens (tertiary/aromatic N) is 3. The molecule has 1 saturated heterocycles. The van der Waals surface area contributed by atoms with Crippen LogP contribution < -0.4 is 0 Å². The molecular weight excluding hydrogens is 310 g/mol. The molecule has 1 atom stereocenters. The van der Waals surface area contributed by atoms with Crippen LogP contribution in [0, 0.1) is 5.92 Å². The van der Waals surface area contributed by atoms with E-state index in [9.17, 15) is 5.11 Å². The van der Waals surface area contributed by atoms with Crippen LogP contribution in [0.5, 0.6) is 0 Å². The van der Waals surface area contributed by atoms with Crippen molar-refractivity contribution in [2.24, 2.45) is 5.92 Å². The number of hydrogen-bond acceptors (Lipinski definition) is 5. The Morgan fingerprint density at radius 2 is 2.17 bits per heavy atom. The van der Waals surface area contributed by atoms with Crippen molar-refractivity contribution < 1.29 is 9.84 Å². The zero-order valence-corrected chi connectivity index (χ0v) is 14.3. The van der Waals surface area contributed by atoms with Crippen LogP contribution in [0.15, 0.2) is 29.2 Å². The van der Waals surface area contributed by atoms with E-state index in [1.807, 2.05) is 4.68 Å². The van der Waals surface area contributed by atoms with Crippen LogP contribution in [-0.4, -0.2) is 45.9 Å². The van der Waals surface area contributed by atoms with Gasteiger partial charge in [-0.15, -0.1) is 11.8 Å². The van der Waals surface area contributed by atoms with Gasteiger partial charge in [0.1, 0.15) is 5.82 Å². The van der Waals surface area contributed by atoms with Crippen LogP contribution in [0.1, 0.15) is 18.7 Å². The zero-order valence-electron chi connectivity index (χ0n) is 13.4. The summed E-state index contributed by atoms with van der Waals surface area (Å²) in [7, 11) is 0. The van der Waals surface area contributed by atoms with Crippen molar-refractivity contribution >= 4 is 11.8 Å². The summed E-state index contributed by atoms with van der Waals surface area (Å²) in [5.74, 6) is 2.17. The van der Waals surface area contributed by atoms with E-state index < -0.39 is 0 Å². The average molecular weight is 333 g/mol. The van der Waals surface area contributed by atoms with Crippen molar-refractivity contribution in [3.63, 3.8) is 0 Å². The van der Waals surface area contributed by atoms with Crippen LogP contribution in [0.3, 0.4) is 0 Å². The minimum atomic E-state index is 0.0718. The van der Waals surface area contributed by atoms with E-state index in [0.717, 1.165) is 43.3 Å². The van der Waals surface area contributed by atoms with Gasteiger partial charge in [-0.3, -0.25) is 0 Å². The number of aromatic nitrogens is 3. The lowest BCUT2D eigenvalue weighted by Crippen LogP contribution is -2.21. The predicted octanol–water partition coefficient (Wildman–Crippen LogP) is 2.63. The van der Waals surface area contributed by atoms with Gasteiger partial charge in [-0.2, -0.15) is 5.10 Å². The summed E-state index contributed by atoms with van der Waals surface area (Å²) in [6.07, 6.45) is 5.20. The first-order chi connectivity index (χ1) is 11.3. The van der Waals surface area contributed by atoms with Crippen LogP contribution in [-0.2, 0) is 17.7 Å². The third-order valence-electron chi connectivity index (χ3n) is 4.13. The van der Waals surface area contributed by atoms with Crippen LogP contribution in [0.2, 0.25) is 0 Å². The quantitative estimate of drug-likeness (QED) is 0.824. The molecule has 6 heteroatoms. The number of thioether (sulfide) groups is 1. The van der Waals surface area contributed by atoms with Gasteiger partial charge in [0, 0.05) is 30.1 Å². The predicted molar refractivity (Wildman–Crippen MR) is 91.6 cm³/mol. The fraction of sp³-hybridized carbons (Fsp3) is 0.529. The number of rotatable bonds is 6. The van der Waals surface area contributed by atoms with Gasteiger partial charge in [0.05, 0.1) is 13.2 Å². The molecule has 23 heavy (non-hydrogen) atoms. The summed E-state index contributed by atoms with van der Waals surface area (Å²) in [5.41, 5.74) is 1.01. The zero-order chi connectivity index (χ0) is 16.1. The second-order valence-electron chi connectivity index (χ2n) is 5.81. The third kappa shape index (κ3) is 4.13. The van der Waals surface area contributed by atoms with E-state index >= 15 is 0 Å². The smallest absolute Gasteiger partial charge is 0.181 e. The molecule has 0 amide bonds. The first kappa shape index (κ1) is 16.5. The minimum Gasteiger partial charge on any atom is -0.394 e. The largest absolute Gasteiger partial charge is 0.394 e. The summed E-state index contributed by atoms with van der Waals surface area (Å²) >= 11 is 1.72. The fourth-order valence-electron chi connectivity index (χ4n) is 2.89. The molecule has 5 nitrogen and oxygen atoms in total. The number of aliphatic hydroxyl groups excluding tert-OH is 1. The molecule has 0 radical (unpaired) electrons. The van der Waals surface area contributed by atoms with E-state index in [0.29, 0.717) is 12.5 Å². The maximum Gasteiger partial charge on any atom is 0.181 e. The maximum absolute atomic E-state index is 9.28. The summed E-state index contributed by atoms with van der Waals surface area (Å²) in [6.45, 7) is 2.22. The molecule has 3 rings (SSSR count). The molecule has 1 aromatic heterocycles. The Morgan fingerprint density at radius 3 is 2.83 bits per heavy atom. The standard InChI is InChI=1S/C17H23N3O2S/c1-23-15-6-4-14(5-7-15)17-18-16(20(19-17)8-9-21)11-13-3-2-10-22-12-13/h4-7,13,21H,2-3,8-12H2,1H3. The Morgan fingerprint density at radius 1 is 1.35 bits per heavy atom. The molecule has 0 spiro atoms. The Hall–Kier alpha value is -1.37. The van der Waals surface area contributed by atoms with Crippen molar-refractivity contribution in [1.82, 2.24) is 14.8 Å². The van der Waals surface area contributed by atoms with E-state index in [1.165, 1.54) is 11.3 Å². The molecular formula is C17H23N3O2S. The highest BCUT2D eigenvalue weighted by Crippen LogP contribution is 2.23. The minimum absolute atomic E-state index is 0.0718. The Kier molecular flexibility index (Phi) is 5.70. The first-order valence-electron chi connectivity index (χ1n) is 8.07. The molecule has 2 aromatic rings. The van der Waals surface area contributed by atoms with Gasteiger partial charge in [0.2, 0.25) is 0 Å². The van der Waals surface area contributed by atoms with Gasteiger partial charge in [-0.05, 0) is 37.1 Å². The summed E-state index contributed by atoms with van der Waals surface area (Å²) in [6, 6.07) is 8.28. The number of hydrogen-bond donors (Lipinski definition) is 1. The third-order valence-corrected chi connectivity index (χ3v) is 4.88. The van der Waals surface area contributed by atoms with Crippen LogP contribution in [0.25, 0.3) is 11.4 Å². The lowest BCUT2D eigenvalue weighted by atomic mass is 9.98. The molecule has 1 fully saturated rings. The van der Waals surface area contributed by atoms with Gasteiger partial charge >= 0.3 is 0 Å². The maximum atomic E-state index is 9.28. The van der Waals surface area contributed by atoms with E-state index in [-0.39, 0.29) is 6.61 Å². The van der Waals surface area contributed by atoms with Crippen molar-refractivity contribution in [3.8, 4) is 11.4 Å². The summed E-state index contributed by atoms with van der Waals surface area (Å²) in [5, 5.41) is 13.9. The molecule has 1 unspecified atom stereocenters. The molecule has 1 aliphatic rings. The van der Waals surface area contributed by atoms with Crippen molar-refractivity contribution in [3.05, 3.63) is 30.1 Å². The lowest BCUT2D eigenvalue weighted by molar-refractivity contribution is 0.0538. The van der Waals surface area contributed by atoms with Gasteiger partial charge in [-0.1, -0.05) is 12.1 Å². The number of benzene rings is 1. The Labute approximate surface area is 141 Å². The molecule has 124 valence electrons. The van der Waals surface area contributed by atoms with Crippen LogP contribution in [0.4, 0.5) is 0 Å². The van der Waals surface area contributed by atoms with Crippen molar-refractivity contribution in [1.29, 1.82) is 0 Å². The van der Waals surface area contributed by atoms with Crippen LogP contribution >= 0.6 is 11.8 Å². The molecule has 0 bridgehead atoms. The highest BCUT2D eigenvalue weighted by Gasteiger charge is 2.19. The van der Waals surface area contributed by atoms with E-state index in [2.05, 4.69) is 35.6 Å². The Balaban J connectivity index is 1.81.